The first-order valence-electron chi connectivity index (χ1n) is 11.6. The Morgan fingerprint density at radius 1 is 1.00 bits per heavy atom. The number of rotatable bonds is 5. The number of carbonyl (C=O) groups is 1. The van der Waals surface area contributed by atoms with E-state index in [0.717, 1.165) is 40.8 Å². The molecule has 184 valence electrons. The topological polar surface area (TPSA) is 124 Å². The number of nitrogens with zero attached hydrogens (tertiary/aromatic N) is 2. The van der Waals surface area contributed by atoms with Crippen molar-refractivity contribution >= 4 is 21.6 Å². The van der Waals surface area contributed by atoms with E-state index in [0.29, 0.717) is 35.2 Å². The molecule has 0 atom stereocenters. The van der Waals surface area contributed by atoms with Crippen molar-refractivity contribution in [2.24, 2.45) is 5.14 Å². The first kappa shape index (κ1) is 24.8. The van der Waals surface area contributed by atoms with Gasteiger partial charge in [0.15, 0.2) is 0 Å². The number of hydrogen-bond acceptors (Lipinski definition) is 5. The zero-order valence-electron chi connectivity index (χ0n) is 20.4. The third-order valence-corrected chi connectivity index (χ3v) is 7.52. The lowest BCUT2D eigenvalue weighted by atomic mass is 9.89. The highest BCUT2D eigenvalue weighted by molar-refractivity contribution is 7.89. The van der Waals surface area contributed by atoms with E-state index in [1.54, 1.807) is 19.1 Å². The van der Waals surface area contributed by atoms with Gasteiger partial charge in [0, 0.05) is 16.8 Å². The molecule has 3 aromatic rings. The molecule has 1 amide bonds. The molecule has 1 aliphatic rings. The van der Waals surface area contributed by atoms with Crippen LogP contribution in [0.1, 0.15) is 46.2 Å². The number of amides is 1. The van der Waals surface area contributed by atoms with Crippen LogP contribution in [0.2, 0.25) is 0 Å². The highest BCUT2D eigenvalue weighted by Crippen LogP contribution is 2.30. The van der Waals surface area contributed by atoms with E-state index in [-0.39, 0.29) is 22.9 Å². The number of hydrogen-bond donors (Lipinski definition) is 2. The van der Waals surface area contributed by atoms with Gasteiger partial charge in [-0.3, -0.25) is 9.59 Å². The van der Waals surface area contributed by atoms with Gasteiger partial charge in [-0.2, -0.15) is 5.10 Å². The van der Waals surface area contributed by atoms with Gasteiger partial charge in [-0.25, -0.2) is 18.2 Å². The second-order valence-electron chi connectivity index (χ2n) is 9.32. The van der Waals surface area contributed by atoms with E-state index in [1.807, 2.05) is 32.9 Å². The Bertz CT molecular complexity index is 1480. The van der Waals surface area contributed by atoms with Gasteiger partial charge in [0.05, 0.1) is 10.6 Å². The van der Waals surface area contributed by atoms with Gasteiger partial charge in [0.2, 0.25) is 15.9 Å². The number of primary sulfonamides is 1. The zero-order valence-corrected chi connectivity index (χ0v) is 21.3. The average Bonchev–Trinajstić information content (AvgIpc) is 2.78. The van der Waals surface area contributed by atoms with Crippen LogP contribution in [0.5, 0.6) is 0 Å². The number of anilines is 1. The lowest BCUT2D eigenvalue weighted by Gasteiger charge is -2.21. The van der Waals surface area contributed by atoms with Crippen molar-refractivity contribution in [3.8, 4) is 11.3 Å². The van der Waals surface area contributed by atoms with Gasteiger partial charge in [-0.15, -0.1) is 0 Å². The second-order valence-corrected chi connectivity index (χ2v) is 10.9. The lowest BCUT2D eigenvalue weighted by molar-refractivity contribution is -0.117. The van der Waals surface area contributed by atoms with Crippen LogP contribution in [0.3, 0.4) is 0 Å². The van der Waals surface area contributed by atoms with Crippen molar-refractivity contribution in [3.05, 3.63) is 74.1 Å². The summed E-state index contributed by atoms with van der Waals surface area (Å²) in [5.41, 5.74) is 6.47. The van der Waals surface area contributed by atoms with Gasteiger partial charge in [0.1, 0.15) is 6.54 Å². The van der Waals surface area contributed by atoms with E-state index >= 15 is 0 Å². The maximum atomic E-state index is 13.2. The lowest BCUT2D eigenvalue weighted by Crippen LogP contribution is -2.34. The Morgan fingerprint density at radius 2 is 1.63 bits per heavy atom. The van der Waals surface area contributed by atoms with Crippen molar-refractivity contribution in [2.45, 2.75) is 64.8 Å². The molecule has 35 heavy (non-hydrogen) atoms. The summed E-state index contributed by atoms with van der Waals surface area (Å²) in [5.74, 6) is -0.356. The Morgan fingerprint density at radius 3 is 2.26 bits per heavy atom. The fourth-order valence-corrected chi connectivity index (χ4v) is 5.68. The largest absolute Gasteiger partial charge is 0.324 e. The molecular formula is C26H30N4O4S. The van der Waals surface area contributed by atoms with E-state index in [9.17, 15) is 18.0 Å². The van der Waals surface area contributed by atoms with Crippen molar-refractivity contribution in [2.75, 3.05) is 5.32 Å². The molecule has 0 aliphatic heterocycles. The summed E-state index contributed by atoms with van der Waals surface area (Å²) < 4.78 is 25.4. The Kier molecular flexibility index (Phi) is 6.66. The molecule has 8 nitrogen and oxygen atoms in total. The quantitative estimate of drug-likeness (QED) is 0.563. The Hall–Kier alpha value is -3.30. The second kappa shape index (κ2) is 9.39. The number of nitrogens with two attached hydrogens (primary N) is 1. The average molecular weight is 495 g/mol. The fraction of sp³-hybridized carbons (Fsp3) is 0.346. The maximum Gasteiger partial charge on any atom is 0.270 e. The molecule has 0 spiro atoms. The molecule has 2 aromatic carbocycles. The van der Waals surface area contributed by atoms with Crippen molar-refractivity contribution in [1.29, 1.82) is 0 Å². The smallest absolute Gasteiger partial charge is 0.270 e. The maximum absolute atomic E-state index is 13.2. The van der Waals surface area contributed by atoms with Gasteiger partial charge in [-0.05, 0) is 81.7 Å². The van der Waals surface area contributed by atoms with Crippen molar-refractivity contribution in [3.63, 3.8) is 0 Å². The minimum absolute atomic E-state index is 0.0159. The van der Waals surface area contributed by atoms with Crippen molar-refractivity contribution < 1.29 is 13.2 Å². The Labute approximate surface area is 205 Å². The van der Waals surface area contributed by atoms with Crippen LogP contribution in [0.25, 0.3) is 11.3 Å². The predicted octanol–water partition coefficient (Wildman–Crippen LogP) is 3.31. The number of benzene rings is 2. The SMILES string of the molecule is Cc1cc(C)c(NC(=O)Cn2nc(-c3ccc(C)c(S(N)(=O)=O)c3)c3c(c2=O)CCCC3)c(C)c1. The third-order valence-electron chi connectivity index (χ3n) is 6.47. The minimum atomic E-state index is -3.93. The molecular weight excluding hydrogens is 464 g/mol. The summed E-state index contributed by atoms with van der Waals surface area (Å²) in [4.78, 5) is 26.2. The van der Waals surface area contributed by atoms with Crippen LogP contribution < -0.4 is 16.0 Å². The summed E-state index contributed by atoms with van der Waals surface area (Å²) >= 11 is 0. The molecule has 1 heterocycles. The normalized spacial score (nSPS) is 13.4. The van der Waals surface area contributed by atoms with Crippen LogP contribution in [-0.2, 0) is 34.2 Å². The number of nitrogens with one attached hydrogen (secondary N) is 1. The summed E-state index contributed by atoms with van der Waals surface area (Å²) in [5, 5.41) is 12.9. The molecule has 0 radical (unpaired) electrons. The molecule has 3 N–H and O–H groups in total. The van der Waals surface area contributed by atoms with Crippen LogP contribution in [0, 0.1) is 27.7 Å². The Balaban J connectivity index is 1.77. The molecule has 0 saturated heterocycles. The van der Waals surface area contributed by atoms with Gasteiger partial charge in [0.25, 0.3) is 5.56 Å². The molecule has 4 rings (SSSR count). The highest BCUT2D eigenvalue weighted by atomic mass is 32.2. The number of aryl methyl sites for hydroxylation is 4. The predicted molar refractivity (Wildman–Crippen MR) is 136 cm³/mol. The van der Waals surface area contributed by atoms with E-state index in [4.69, 9.17) is 5.14 Å². The zero-order chi connectivity index (χ0) is 25.5. The third kappa shape index (κ3) is 5.06. The van der Waals surface area contributed by atoms with Crippen LogP contribution in [0.4, 0.5) is 5.69 Å². The van der Waals surface area contributed by atoms with E-state index in [1.165, 1.54) is 10.7 Å². The fourth-order valence-electron chi connectivity index (χ4n) is 4.87. The van der Waals surface area contributed by atoms with Crippen LogP contribution in [-0.4, -0.2) is 24.1 Å². The summed E-state index contributed by atoms with van der Waals surface area (Å²) in [7, 11) is -3.93. The molecule has 0 saturated carbocycles. The first-order chi connectivity index (χ1) is 16.5. The molecule has 0 unspecified atom stereocenters. The number of sulfonamides is 1. The van der Waals surface area contributed by atoms with Gasteiger partial charge >= 0.3 is 0 Å². The monoisotopic (exact) mass is 494 g/mol. The molecule has 0 bridgehead atoms. The molecule has 1 aromatic heterocycles. The molecule has 9 heteroatoms. The summed E-state index contributed by atoms with van der Waals surface area (Å²) in [6.07, 6.45) is 3.04. The van der Waals surface area contributed by atoms with Crippen LogP contribution >= 0.6 is 0 Å². The number of aromatic nitrogens is 2. The van der Waals surface area contributed by atoms with Crippen LogP contribution in [0.15, 0.2) is 40.0 Å². The number of carbonyl (C=O) groups excluding carboxylic acids is 1. The summed E-state index contributed by atoms with van der Waals surface area (Å²) in [6.45, 7) is 7.28. The highest BCUT2D eigenvalue weighted by Gasteiger charge is 2.23. The standard InChI is InChI=1S/C26H30N4O4S/c1-15-11-17(3)24(18(4)12-15)28-23(31)14-30-26(32)21-8-6-5-7-20(21)25(29-30)19-10-9-16(2)22(13-19)35(27,33)34/h9-13H,5-8,14H2,1-4H3,(H,28,31)(H2,27,33,34). The van der Waals surface area contributed by atoms with Gasteiger partial charge < -0.3 is 5.32 Å². The van der Waals surface area contributed by atoms with E-state index in [2.05, 4.69) is 10.4 Å². The van der Waals surface area contributed by atoms with Gasteiger partial charge in [-0.1, -0.05) is 29.8 Å². The minimum Gasteiger partial charge on any atom is -0.324 e. The summed E-state index contributed by atoms with van der Waals surface area (Å²) in [6, 6.07) is 8.93. The van der Waals surface area contributed by atoms with Crippen molar-refractivity contribution in [1.82, 2.24) is 9.78 Å². The number of fused-ring (bicyclic) bond motifs is 1. The molecule has 0 fully saturated rings. The first-order valence-corrected chi connectivity index (χ1v) is 13.1. The molecule has 1 aliphatic carbocycles. The van der Waals surface area contributed by atoms with E-state index < -0.39 is 10.0 Å².